The van der Waals surface area contributed by atoms with Crippen molar-refractivity contribution in [3.63, 3.8) is 0 Å². The fourth-order valence-corrected chi connectivity index (χ4v) is 4.58. The number of halogens is 3. The molecule has 1 heterocycles. The fourth-order valence-electron chi connectivity index (χ4n) is 3.34. The second kappa shape index (κ2) is 12.6. The van der Waals surface area contributed by atoms with E-state index in [0.29, 0.717) is 22.4 Å². The topological polar surface area (TPSA) is 107 Å². The van der Waals surface area contributed by atoms with Crippen LogP contribution in [0.15, 0.2) is 60.7 Å². The number of Topliss-reactive ketones (excluding diaryl/α,β-unsaturated/α-hetero) is 1. The first-order valence-electron chi connectivity index (χ1n) is 10.6. The highest BCUT2D eigenvalue weighted by Crippen LogP contribution is 2.38. The normalized spacial score (nSPS) is 17.2. The van der Waals surface area contributed by atoms with Gasteiger partial charge < -0.3 is 9.47 Å². The third-order valence-corrected chi connectivity index (χ3v) is 6.45. The van der Waals surface area contributed by atoms with E-state index >= 15 is 0 Å². The van der Waals surface area contributed by atoms with Crippen molar-refractivity contribution < 1.29 is 33.4 Å². The van der Waals surface area contributed by atoms with Crippen LogP contribution in [0.2, 0.25) is 0 Å². The van der Waals surface area contributed by atoms with Gasteiger partial charge >= 0.3 is 11.9 Å². The highest BCUT2D eigenvalue weighted by atomic mass is 35.6. The second-order valence-corrected chi connectivity index (χ2v) is 11.4. The molecule has 1 fully saturated rings. The van der Waals surface area contributed by atoms with E-state index in [1.54, 1.807) is 54.6 Å². The van der Waals surface area contributed by atoms with Crippen LogP contribution in [0, 0.1) is 5.92 Å². The van der Waals surface area contributed by atoms with E-state index in [1.807, 2.05) is 6.07 Å². The molecule has 36 heavy (non-hydrogen) atoms. The number of carbonyl (C=O) groups excluding carboxylic acids is 5. The van der Waals surface area contributed by atoms with Gasteiger partial charge in [-0.15, -0.1) is 0 Å². The van der Waals surface area contributed by atoms with Crippen LogP contribution in [0.25, 0.3) is 0 Å². The fraction of sp³-hybridized carbons (Fsp3) is 0.292. The largest absolute Gasteiger partial charge is 0.485 e. The summed E-state index contributed by atoms with van der Waals surface area (Å²) < 4.78 is 8.12. The average Bonchev–Trinajstić information content (AvgIpc) is 2.85. The van der Waals surface area contributed by atoms with Crippen LogP contribution in [-0.4, -0.2) is 56.0 Å². The third-order valence-electron chi connectivity index (χ3n) is 4.96. The van der Waals surface area contributed by atoms with Crippen molar-refractivity contribution >= 4 is 75.2 Å². The van der Waals surface area contributed by atoms with E-state index < -0.39 is 44.6 Å². The number of alkyl halides is 3. The summed E-state index contributed by atoms with van der Waals surface area (Å²) in [6.07, 6.45) is -0.141. The molecule has 0 saturated carbocycles. The van der Waals surface area contributed by atoms with E-state index in [0.717, 1.165) is 5.56 Å². The van der Waals surface area contributed by atoms with Crippen molar-refractivity contribution in [2.45, 2.75) is 22.0 Å². The maximum Gasteiger partial charge on any atom is 0.397 e. The first kappa shape index (κ1) is 28.0. The highest BCUT2D eigenvalue weighted by molar-refractivity contribution is 8.14. The number of thioether (sulfide) groups is 1. The Kier molecular flexibility index (Phi) is 9.78. The molecule has 2 amide bonds. The molecule has 1 aliphatic heterocycles. The Morgan fingerprint density at radius 1 is 0.944 bits per heavy atom. The molecular weight excluding hydrogens is 553 g/mol. The lowest BCUT2D eigenvalue weighted by atomic mass is 9.90. The Bertz CT molecular complexity index is 1130. The van der Waals surface area contributed by atoms with Gasteiger partial charge in [-0.3, -0.25) is 24.1 Å². The van der Waals surface area contributed by atoms with Gasteiger partial charge in [0.05, 0.1) is 5.92 Å². The lowest BCUT2D eigenvalue weighted by Gasteiger charge is -2.43. The summed E-state index contributed by atoms with van der Waals surface area (Å²) in [4.78, 5) is 63.3. The van der Waals surface area contributed by atoms with Crippen molar-refractivity contribution in [1.82, 2.24) is 4.90 Å². The van der Waals surface area contributed by atoms with Crippen LogP contribution in [-0.2, 0) is 35.1 Å². The van der Waals surface area contributed by atoms with Gasteiger partial charge in [-0.25, -0.2) is 4.79 Å². The molecule has 2 atom stereocenters. The third kappa shape index (κ3) is 7.96. The molecule has 1 saturated heterocycles. The second-order valence-electron chi connectivity index (χ2n) is 7.70. The molecule has 0 N–H and O–H groups in total. The molecular formula is C24H20Cl3NO7S. The van der Waals surface area contributed by atoms with E-state index in [2.05, 4.69) is 4.74 Å². The van der Waals surface area contributed by atoms with Crippen LogP contribution in [0.1, 0.15) is 12.0 Å². The minimum atomic E-state index is -1.96. The van der Waals surface area contributed by atoms with E-state index in [-0.39, 0.29) is 25.2 Å². The van der Waals surface area contributed by atoms with Gasteiger partial charge in [0.1, 0.15) is 23.5 Å². The quantitative estimate of drug-likeness (QED) is 0.194. The van der Waals surface area contributed by atoms with Gasteiger partial charge in [-0.1, -0.05) is 95.1 Å². The number of nitrogens with zero attached hydrogens (tertiary/aromatic N) is 1. The molecule has 3 rings (SSSR count). The number of hydrogen-bond donors (Lipinski definition) is 0. The zero-order chi connectivity index (χ0) is 26.3. The van der Waals surface area contributed by atoms with E-state index in [4.69, 9.17) is 39.5 Å². The molecule has 190 valence electrons. The average molecular weight is 573 g/mol. The molecule has 0 aliphatic carbocycles. The predicted octanol–water partition coefficient (Wildman–Crippen LogP) is 3.75. The predicted molar refractivity (Wildman–Crippen MR) is 135 cm³/mol. The number of amides is 2. The number of likely N-dealkylation sites (tertiary alicyclic amines) is 1. The smallest absolute Gasteiger partial charge is 0.397 e. The Morgan fingerprint density at radius 3 is 2.17 bits per heavy atom. The van der Waals surface area contributed by atoms with E-state index in [9.17, 15) is 24.0 Å². The van der Waals surface area contributed by atoms with Gasteiger partial charge in [-0.2, -0.15) is 0 Å². The lowest BCUT2D eigenvalue weighted by molar-refractivity contribution is -0.172. The Morgan fingerprint density at radius 2 is 1.56 bits per heavy atom. The lowest BCUT2D eigenvalue weighted by Crippen LogP contribution is -2.64. The van der Waals surface area contributed by atoms with Crippen LogP contribution >= 0.6 is 46.6 Å². The van der Waals surface area contributed by atoms with E-state index in [1.165, 1.54) is 0 Å². The number of benzene rings is 2. The van der Waals surface area contributed by atoms with Gasteiger partial charge in [0.2, 0.25) is 14.8 Å². The summed E-state index contributed by atoms with van der Waals surface area (Å²) in [6.45, 7) is -1.07. The molecule has 0 bridgehead atoms. The number of ketones is 1. The monoisotopic (exact) mass is 571 g/mol. The van der Waals surface area contributed by atoms with Gasteiger partial charge in [-0.05, 0) is 17.7 Å². The molecule has 2 aromatic rings. The zero-order valence-corrected chi connectivity index (χ0v) is 21.7. The minimum absolute atomic E-state index is 0.0757. The van der Waals surface area contributed by atoms with Crippen LogP contribution in [0.4, 0.5) is 0 Å². The van der Waals surface area contributed by atoms with Crippen molar-refractivity contribution in [3.8, 4) is 5.75 Å². The number of para-hydroxylation sites is 1. The Hall–Kier alpha value is -2.59. The number of imide groups is 1. The molecule has 0 unspecified atom stereocenters. The Balaban J connectivity index is 1.68. The summed E-state index contributed by atoms with van der Waals surface area (Å²) in [5.41, 5.74) is 0.758. The van der Waals surface area contributed by atoms with Crippen LogP contribution in [0.5, 0.6) is 5.75 Å². The molecule has 2 aromatic carbocycles. The van der Waals surface area contributed by atoms with Crippen molar-refractivity contribution in [3.05, 3.63) is 66.2 Å². The number of esters is 1. The first-order valence-corrected chi connectivity index (χ1v) is 12.6. The van der Waals surface area contributed by atoms with Crippen LogP contribution < -0.4 is 4.74 Å². The van der Waals surface area contributed by atoms with Crippen molar-refractivity contribution in [1.29, 1.82) is 0 Å². The number of rotatable bonds is 9. The van der Waals surface area contributed by atoms with Crippen molar-refractivity contribution in [2.75, 3.05) is 13.2 Å². The van der Waals surface area contributed by atoms with Crippen LogP contribution in [0.3, 0.4) is 0 Å². The first-order chi connectivity index (χ1) is 17.0. The Labute approximate surface area is 226 Å². The number of β-lactam (4-membered cyclic amide) rings is 1. The highest BCUT2D eigenvalue weighted by Gasteiger charge is 2.54. The maximum atomic E-state index is 12.8. The standard InChI is InChI=1S/C24H20Cl3NO7S/c25-24(26,27)14-35-23(33)21(32)28-20(31)18(12-16(29)11-15-7-3-1-4-8-15)22(28)36-19(30)13-34-17-9-5-2-6-10-17/h1-10,18,22H,11-14H2/t18-,22-/m1/s1. The molecule has 0 radical (unpaired) electrons. The summed E-state index contributed by atoms with van der Waals surface area (Å²) >= 11 is 17.2. The number of hydrogen-bond acceptors (Lipinski definition) is 8. The molecule has 0 spiro atoms. The molecule has 8 nitrogen and oxygen atoms in total. The summed E-state index contributed by atoms with van der Waals surface area (Å²) in [5.74, 6) is -4.33. The zero-order valence-electron chi connectivity index (χ0n) is 18.6. The SMILES string of the molecule is O=C(Cc1ccccc1)C[C@@H]1C(=O)N(C(=O)C(=O)OCC(Cl)(Cl)Cl)[C@@H]1SC(=O)COc1ccccc1. The van der Waals surface area contributed by atoms with Crippen molar-refractivity contribution in [2.24, 2.45) is 5.92 Å². The van der Waals surface area contributed by atoms with Gasteiger partial charge in [0.15, 0.2) is 6.61 Å². The number of ether oxygens (including phenoxy) is 2. The maximum absolute atomic E-state index is 12.8. The molecule has 1 aliphatic rings. The minimum Gasteiger partial charge on any atom is -0.485 e. The summed E-state index contributed by atoms with van der Waals surface area (Å²) in [5, 5.41) is -1.61. The number of carbonyl (C=O) groups is 5. The summed E-state index contributed by atoms with van der Waals surface area (Å²) in [6, 6.07) is 17.5. The molecule has 12 heteroatoms. The molecule has 0 aromatic heterocycles. The van der Waals surface area contributed by atoms with Gasteiger partial charge in [0.25, 0.3) is 0 Å². The van der Waals surface area contributed by atoms with Gasteiger partial charge in [0, 0.05) is 12.8 Å². The summed E-state index contributed by atoms with van der Waals surface area (Å²) in [7, 11) is 0.